The number of aromatic nitrogens is 2. The fourth-order valence-electron chi connectivity index (χ4n) is 3.94. The normalized spacial score (nSPS) is 17.1. The lowest BCUT2D eigenvalue weighted by molar-refractivity contribution is -0.128. The lowest BCUT2D eigenvalue weighted by atomic mass is 10.1. The molecule has 2 aliphatic heterocycles. The monoisotopic (exact) mass is 366 g/mol. The van der Waals surface area contributed by atoms with Gasteiger partial charge in [0.05, 0.1) is 30.8 Å². The number of hydrogen-bond acceptors (Lipinski definition) is 3. The van der Waals surface area contributed by atoms with Crippen LogP contribution < -0.4 is 0 Å². The molecule has 6 heteroatoms. The molecule has 142 valence electrons. The molecule has 2 aliphatic rings. The quantitative estimate of drug-likeness (QED) is 0.836. The molecule has 0 unspecified atom stereocenters. The fourth-order valence-corrected chi connectivity index (χ4v) is 3.94. The van der Waals surface area contributed by atoms with Gasteiger partial charge in [0.15, 0.2) is 0 Å². The van der Waals surface area contributed by atoms with Crippen molar-refractivity contribution in [1.82, 2.24) is 19.4 Å². The van der Waals surface area contributed by atoms with Crippen LogP contribution >= 0.6 is 0 Å². The zero-order valence-electron chi connectivity index (χ0n) is 15.9. The molecule has 6 nitrogen and oxygen atoms in total. The van der Waals surface area contributed by atoms with E-state index in [2.05, 4.69) is 16.5 Å². The van der Waals surface area contributed by atoms with Gasteiger partial charge in [-0.05, 0) is 37.0 Å². The van der Waals surface area contributed by atoms with Crippen molar-refractivity contribution < 1.29 is 9.59 Å². The molecule has 1 aromatic heterocycles. The van der Waals surface area contributed by atoms with E-state index in [1.165, 1.54) is 5.56 Å². The third kappa shape index (κ3) is 3.61. The number of fused-ring (bicyclic) bond motifs is 1. The van der Waals surface area contributed by atoms with Gasteiger partial charge in [-0.2, -0.15) is 0 Å². The Morgan fingerprint density at radius 1 is 1.11 bits per heavy atom. The lowest BCUT2D eigenvalue weighted by Crippen LogP contribution is -2.31. The van der Waals surface area contributed by atoms with Crippen LogP contribution in [0.15, 0.2) is 30.6 Å². The smallest absolute Gasteiger partial charge is 0.254 e. The van der Waals surface area contributed by atoms with Crippen LogP contribution in [-0.4, -0.2) is 44.3 Å². The van der Waals surface area contributed by atoms with Gasteiger partial charge in [-0.1, -0.05) is 19.1 Å². The van der Waals surface area contributed by atoms with Crippen LogP contribution in [0.2, 0.25) is 0 Å². The van der Waals surface area contributed by atoms with E-state index < -0.39 is 0 Å². The van der Waals surface area contributed by atoms with Gasteiger partial charge in [0, 0.05) is 31.6 Å². The molecule has 0 radical (unpaired) electrons. The summed E-state index contributed by atoms with van der Waals surface area (Å²) in [4.78, 5) is 33.3. The number of carbonyl (C=O) groups excluding carboxylic acids is 2. The Bertz CT molecular complexity index is 840. The highest BCUT2D eigenvalue weighted by Crippen LogP contribution is 2.21. The first-order chi connectivity index (χ1) is 13.2. The second kappa shape index (κ2) is 7.55. The lowest BCUT2D eigenvalue weighted by Gasteiger charge is -2.22. The number of hydrogen-bond donors (Lipinski definition) is 0. The number of rotatable bonds is 4. The van der Waals surface area contributed by atoms with E-state index in [9.17, 15) is 9.59 Å². The van der Waals surface area contributed by atoms with Crippen LogP contribution in [0.1, 0.15) is 53.5 Å². The molecule has 0 bridgehead atoms. The Morgan fingerprint density at radius 2 is 1.93 bits per heavy atom. The second-order valence-corrected chi connectivity index (χ2v) is 7.38. The number of aryl methyl sites for hydroxylation is 2. The molecule has 2 aromatic rings. The third-order valence-electron chi connectivity index (χ3n) is 5.61. The minimum atomic E-state index is 0.0653. The first kappa shape index (κ1) is 17.8. The Labute approximate surface area is 159 Å². The average molecular weight is 366 g/mol. The maximum atomic E-state index is 13.0. The van der Waals surface area contributed by atoms with Gasteiger partial charge in [-0.15, -0.1) is 0 Å². The molecule has 0 N–H and O–H groups in total. The summed E-state index contributed by atoms with van der Waals surface area (Å²) in [7, 11) is 0. The summed E-state index contributed by atoms with van der Waals surface area (Å²) >= 11 is 0. The van der Waals surface area contributed by atoms with Gasteiger partial charge < -0.3 is 14.4 Å². The van der Waals surface area contributed by atoms with Gasteiger partial charge in [0.25, 0.3) is 5.91 Å². The molecule has 3 heterocycles. The van der Waals surface area contributed by atoms with Crippen molar-refractivity contribution in [2.24, 2.45) is 0 Å². The summed E-state index contributed by atoms with van der Waals surface area (Å²) in [6.45, 7) is 5.60. The maximum Gasteiger partial charge on any atom is 0.254 e. The zero-order valence-corrected chi connectivity index (χ0v) is 15.9. The minimum Gasteiger partial charge on any atom is -0.337 e. The predicted molar refractivity (Wildman–Crippen MR) is 102 cm³/mol. The van der Waals surface area contributed by atoms with Crippen molar-refractivity contribution in [2.75, 3.05) is 13.1 Å². The Kier molecular flexibility index (Phi) is 4.97. The van der Waals surface area contributed by atoms with Gasteiger partial charge in [-0.25, -0.2) is 4.98 Å². The van der Waals surface area contributed by atoms with E-state index in [-0.39, 0.29) is 11.8 Å². The van der Waals surface area contributed by atoms with Gasteiger partial charge in [0.2, 0.25) is 5.91 Å². The fraction of sp³-hybridized carbons (Fsp3) is 0.476. The van der Waals surface area contributed by atoms with Crippen LogP contribution in [0.5, 0.6) is 0 Å². The van der Waals surface area contributed by atoms with Crippen LogP contribution in [0.3, 0.4) is 0 Å². The molecule has 0 saturated carbocycles. The highest BCUT2D eigenvalue weighted by atomic mass is 16.2. The zero-order chi connectivity index (χ0) is 18.8. The van der Waals surface area contributed by atoms with Gasteiger partial charge in [-0.3, -0.25) is 9.59 Å². The molecule has 1 aromatic carbocycles. The Hall–Kier alpha value is -2.63. The SMILES string of the molecule is CCc1ccc(C(=O)N2CCCn3cnc(CN4CCCC4=O)c3C2)cc1. The maximum absolute atomic E-state index is 13.0. The summed E-state index contributed by atoms with van der Waals surface area (Å²) < 4.78 is 2.14. The number of carbonyl (C=O) groups is 2. The van der Waals surface area contributed by atoms with Crippen molar-refractivity contribution >= 4 is 11.8 Å². The Morgan fingerprint density at radius 3 is 2.63 bits per heavy atom. The van der Waals surface area contributed by atoms with Gasteiger partial charge in [0.1, 0.15) is 0 Å². The van der Waals surface area contributed by atoms with Crippen LogP contribution in [0.25, 0.3) is 0 Å². The summed E-state index contributed by atoms with van der Waals surface area (Å²) in [6, 6.07) is 7.90. The molecule has 27 heavy (non-hydrogen) atoms. The first-order valence-corrected chi connectivity index (χ1v) is 9.84. The number of benzene rings is 1. The van der Waals surface area contributed by atoms with E-state index in [4.69, 9.17) is 0 Å². The molecular weight excluding hydrogens is 340 g/mol. The Balaban J connectivity index is 1.53. The predicted octanol–water partition coefficient (Wildman–Crippen LogP) is 2.61. The molecule has 1 saturated heterocycles. The van der Waals surface area contributed by atoms with Gasteiger partial charge >= 0.3 is 0 Å². The second-order valence-electron chi connectivity index (χ2n) is 7.38. The van der Waals surface area contributed by atoms with E-state index >= 15 is 0 Å². The summed E-state index contributed by atoms with van der Waals surface area (Å²) in [5, 5.41) is 0. The van der Waals surface area contributed by atoms with Crippen molar-refractivity contribution in [3.05, 3.63) is 53.1 Å². The van der Waals surface area contributed by atoms with Crippen LogP contribution in [0, 0.1) is 0 Å². The van der Waals surface area contributed by atoms with E-state index in [1.807, 2.05) is 40.4 Å². The van der Waals surface area contributed by atoms with Crippen LogP contribution in [-0.2, 0) is 30.8 Å². The summed E-state index contributed by atoms with van der Waals surface area (Å²) in [6.07, 6.45) is 5.29. The molecule has 0 spiro atoms. The van der Waals surface area contributed by atoms with E-state index in [0.29, 0.717) is 19.5 Å². The standard InChI is InChI=1S/C21H26N4O2/c1-2-16-6-8-17(9-7-16)21(27)24-11-4-12-25-15-22-18(19(25)14-24)13-23-10-3-5-20(23)26/h6-9,15H,2-5,10-14H2,1H3. The number of imidazole rings is 1. The number of likely N-dealkylation sites (tertiary alicyclic amines) is 1. The highest BCUT2D eigenvalue weighted by molar-refractivity contribution is 5.94. The van der Waals surface area contributed by atoms with Crippen molar-refractivity contribution in [2.45, 2.75) is 52.2 Å². The molecule has 0 atom stereocenters. The minimum absolute atomic E-state index is 0.0653. The van der Waals surface area contributed by atoms with Crippen LogP contribution in [0.4, 0.5) is 0 Å². The number of amides is 2. The highest BCUT2D eigenvalue weighted by Gasteiger charge is 2.26. The topological polar surface area (TPSA) is 58.4 Å². The van der Waals surface area contributed by atoms with Crippen molar-refractivity contribution in [1.29, 1.82) is 0 Å². The van der Waals surface area contributed by atoms with E-state index in [0.717, 1.165) is 55.8 Å². The van der Waals surface area contributed by atoms with E-state index in [1.54, 1.807) is 0 Å². The number of nitrogens with zero attached hydrogens (tertiary/aromatic N) is 4. The molecule has 0 aliphatic carbocycles. The largest absolute Gasteiger partial charge is 0.337 e. The average Bonchev–Trinajstić information content (AvgIpc) is 3.20. The third-order valence-corrected chi connectivity index (χ3v) is 5.61. The van der Waals surface area contributed by atoms with Crippen molar-refractivity contribution in [3.63, 3.8) is 0 Å². The molecule has 4 rings (SSSR count). The molecule has 1 fully saturated rings. The molecular formula is C21H26N4O2. The first-order valence-electron chi connectivity index (χ1n) is 9.84. The van der Waals surface area contributed by atoms with Crippen molar-refractivity contribution in [3.8, 4) is 0 Å². The molecule has 2 amide bonds. The summed E-state index contributed by atoms with van der Waals surface area (Å²) in [5.41, 5.74) is 3.95. The summed E-state index contributed by atoms with van der Waals surface area (Å²) in [5.74, 6) is 0.268.